The van der Waals surface area contributed by atoms with Crippen molar-refractivity contribution in [2.45, 2.75) is 46.3 Å². The average molecular weight is 306 g/mol. The first-order valence-corrected chi connectivity index (χ1v) is 7.36. The Balaban J connectivity index is 2.14. The minimum Gasteiger partial charge on any atom is -0.459 e. The van der Waals surface area contributed by atoms with Crippen LogP contribution in [0.5, 0.6) is 0 Å². The summed E-state index contributed by atoms with van der Waals surface area (Å²) in [6, 6.07) is 3.52. The van der Waals surface area contributed by atoms with Crippen molar-refractivity contribution in [2.75, 3.05) is 6.54 Å². The van der Waals surface area contributed by atoms with E-state index in [1.54, 1.807) is 37.1 Å². The number of carbonyl (C=O) groups excluding carboxylic acids is 1. The van der Waals surface area contributed by atoms with Gasteiger partial charge in [0, 0.05) is 12.6 Å². The maximum Gasteiger partial charge on any atom is 0.263 e. The first-order valence-electron chi connectivity index (χ1n) is 7.36. The van der Waals surface area contributed by atoms with E-state index in [-0.39, 0.29) is 18.4 Å². The van der Waals surface area contributed by atoms with Gasteiger partial charge in [-0.2, -0.15) is 0 Å². The van der Waals surface area contributed by atoms with E-state index in [9.17, 15) is 9.90 Å². The molecule has 6 nitrogen and oxygen atoms in total. The predicted octanol–water partition coefficient (Wildman–Crippen LogP) is 2.40. The van der Waals surface area contributed by atoms with Gasteiger partial charge >= 0.3 is 0 Å². The zero-order valence-corrected chi connectivity index (χ0v) is 13.4. The van der Waals surface area contributed by atoms with E-state index >= 15 is 0 Å². The van der Waals surface area contributed by atoms with Gasteiger partial charge in [0.15, 0.2) is 5.76 Å². The number of aliphatic hydroxyl groups excluding tert-OH is 1. The van der Waals surface area contributed by atoms with Crippen LogP contribution in [-0.2, 0) is 11.2 Å². The highest BCUT2D eigenvalue weighted by Gasteiger charge is 2.22. The molecule has 6 heteroatoms. The summed E-state index contributed by atoms with van der Waals surface area (Å²) >= 11 is 0. The van der Waals surface area contributed by atoms with Crippen LogP contribution in [0.3, 0.4) is 0 Å². The number of rotatable bonds is 6. The number of aryl methyl sites for hydroxylation is 1. The summed E-state index contributed by atoms with van der Waals surface area (Å²) in [7, 11) is 0. The molecule has 0 aliphatic rings. The fraction of sp³-hybridized carbons (Fsp3) is 0.500. The summed E-state index contributed by atoms with van der Waals surface area (Å²) in [5, 5.41) is 9.53. The smallest absolute Gasteiger partial charge is 0.263 e. The van der Waals surface area contributed by atoms with E-state index in [1.165, 1.54) is 0 Å². The van der Waals surface area contributed by atoms with Crippen molar-refractivity contribution in [1.82, 2.24) is 9.88 Å². The number of aliphatic hydroxyl groups is 1. The normalized spacial score (nSPS) is 12.6. The van der Waals surface area contributed by atoms with Gasteiger partial charge in [-0.3, -0.25) is 4.79 Å². The van der Waals surface area contributed by atoms with E-state index < -0.39 is 6.10 Å². The predicted molar refractivity (Wildman–Crippen MR) is 81.2 cm³/mol. The lowest BCUT2D eigenvalue weighted by molar-refractivity contribution is -0.133. The van der Waals surface area contributed by atoms with E-state index in [1.807, 2.05) is 13.8 Å². The number of hydrogen-bond donors (Lipinski definition) is 1. The standard InChI is InChI=1S/C16H22N2O4/c1-10(2)18(9-11(3)19)15(20)8-13-12(4)22-16(17-13)14-6-5-7-21-14/h5-7,10-11,19H,8-9H2,1-4H3. The van der Waals surface area contributed by atoms with Gasteiger partial charge in [-0.25, -0.2) is 4.98 Å². The third kappa shape index (κ3) is 3.76. The maximum atomic E-state index is 12.4. The monoisotopic (exact) mass is 306 g/mol. The molecule has 1 atom stereocenters. The van der Waals surface area contributed by atoms with Gasteiger partial charge in [0.1, 0.15) is 5.76 Å². The van der Waals surface area contributed by atoms with Gasteiger partial charge in [0.05, 0.1) is 24.5 Å². The fourth-order valence-corrected chi connectivity index (χ4v) is 2.23. The Bertz CT molecular complexity index is 614. The third-order valence-corrected chi connectivity index (χ3v) is 3.35. The number of hydrogen-bond acceptors (Lipinski definition) is 5. The quantitative estimate of drug-likeness (QED) is 0.886. The molecule has 1 amide bonds. The molecule has 0 aliphatic heterocycles. The molecular formula is C16H22N2O4. The third-order valence-electron chi connectivity index (χ3n) is 3.35. The largest absolute Gasteiger partial charge is 0.459 e. The lowest BCUT2D eigenvalue weighted by Gasteiger charge is -2.27. The second-order valence-corrected chi connectivity index (χ2v) is 5.66. The summed E-state index contributed by atoms with van der Waals surface area (Å²) in [6.45, 7) is 7.59. The van der Waals surface area contributed by atoms with Crippen LogP contribution in [0.4, 0.5) is 0 Å². The van der Waals surface area contributed by atoms with Crippen LogP contribution in [0.1, 0.15) is 32.2 Å². The summed E-state index contributed by atoms with van der Waals surface area (Å²) in [5.41, 5.74) is 0.590. The van der Waals surface area contributed by atoms with Gasteiger partial charge in [-0.1, -0.05) is 0 Å². The second-order valence-electron chi connectivity index (χ2n) is 5.66. The first kappa shape index (κ1) is 16.3. The van der Waals surface area contributed by atoms with Gasteiger partial charge in [0.2, 0.25) is 5.91 Å². The topological polar surface area (TPSA) is 79.7 Å². The summed E-state index contributed by atoms with van der Waals surface area (Å²) in [6.07, 6.45) is 1.12. The van der Waals surface area contributed by atoms with Crippen molar-refractivity contribution in [3.05, 3.63) is 29.9 Å². The van der Waals surface area contributed by atoms with Crippen LogP contribution in [0.15, 0.2) is 27.2 Å². The average Bonchev–Trinajstić information content (AvgIpc) is 3.06. The molecule has 0 fully saturated rings. The number of carbonyl (C=O) groups is 1. The highest BCUT2D eigenvalue weighted by Crippen LogP contribution is 2.22. The molecule has 22 heavy (non-hydrogen) atoms. The summed E-state index contributed by atoms with van der Waals surface area (Å²) in [5.74, 6) is 1.42. The SMILES string of the molecule is Cc1oc(-c2ccco2)nc1CC(=O)N(CC(C)O)C(C)C. The van der Waals surface area contributed by atoms with Crippen molar-refractivity contribution >= 4 is 5.91 Å². The lowest BCUT2D eigenvalue weighted by Crippen LogP contribution is -2.42. The van der Waals surface area contributed by atoms with Crippen molar-refractivity contribution in [1.29, 1.82) is 0 Å². The minimum atomic E-state index is -0.566. The Hall–Kier alpha value is -2.08. The lowest BCUT2D eigenvalue weighted by atomic mass is 10.2. The van der Waals surface area contributed by atoms with Crippen molar-refractivity contribution in [2.24, 2.45) is 0 Å². The van der Waals surface area contributed by atoms with Gasteiger partial charge in [-0.15, -0.1) is 0 Å². The number of furan rings is 1. The summed E-state index contributed by atoms with van der Waals surface area (Å²) < 4.78 is 10.8. The second kappa shape index (κ2) is 6.79. The van der Waals surface area contributed by atoms with Crippen molar-refractivity contribution in [3.8, 4) is 11.7 Å². The van der Waals surface area contributed by atoms with E-state index in [0.29, 0.717) is 29.6 Å². The molecule has 120 valence electrons. The molecular weight excluding hydrogens is 284 g/mol. The molecule has 0 aromatic carbocycles. The van der Waals surface area contributed by atoms with Crippen LogP contribution < -0.4 is 0 Å². The van der Waals surface area contributed by atoms with E-state index in [0.717, 1.165) is 0 Å². The highest BCUT2D eigenvalue weighted by atomic mass is 16.4. The first-order chi connectivity index (χ1) is 10.4. The molecule has 0 bridgehead atoms. The number of nitrogens with zero attached hydrogens (tertiary/aromatic N) is 2. The van der Waals surface area contributed by atoms with Crippen LogP contribution >= 0.6 is 0 Å². The Morgan fingerprint density at radius 2 is 2.14 bits per heavy atom. The molecule has 0 saturated carbocycles. The van der Waals surface area contributed by atoms with E-state index in [2.05, 4.69) is 4.98 Å². The Morgan fingerprint density at radius 3 is 2.68 bits per heavy atom. The van der Waals surface area contributed by atoms with Gasteiger partial charge in [-0.05, 0) is 39.8 Å². The Kier molecular flexibility index (Phi) is 5.03. The molecule has 0 aliphatic carbocycles. The molecule has 1 N–H and O–H groups in total. The van der Waals surface area contributed by atoms with Crippen molar-refractivity contribution < 1.29 is 18.7 Å². The number of amides is 1. The van der Waals surface area contributed by atoms with Crippen LogP contribution in [0, 0.1) is 6.92 Å². The maximum absolute atomic E-state index is 12.4. The molecule has 0 radical (unpaired) electrons. The molecule has 2 aromatic heterocycles. The van der Waals surface area contributed by atoms with Gasteiger partial charge in [0.25, 0.3) is 5.89 Å². The molecule has 2 aromatic rings. The minimum absolute atomic E-state index is 0.0128. The molecule has 2 rings (SSSR count). The molecule has 1 unspecified atom stereocenters. The van der Waals surface area contributed by atoms with Crippen LogP contribution in [0.25, 0.3) is 11.7 Å². The number of oxazole rings is 1. The van der Waals surface area contributed by atoms with Crippen LogP contribution in [-0.4, -0.2) is 39.6 Å². The highest BCUT2D eigenvalue weighted by molar-refractivity contribution is 5.79. The molecule has 0 saturated heterocycles. The summed E-state index contributed by atoms with van der Waals surface area (Å²) in [4.78, 5) is 18.4. The van der Waals surface area contributed by atoms with Crippen molar-refractivity contribution in [3.63, 3.8) is 0 Å². The Labute approximate surface area is 129 Å². The zero-order chi connectivity index (χ0) is 16.3. The fourth-order valence-electron chi connectivity index (χ4n) is 2.23. The van der Waals surface area contributed by atoms with Crippen LogP contribution in [0.2, 0.25) is 0 Å². The van der Waals surface area contributed by atoms with E-state index in [4.69, 9.17) is 8.83 Å². The molecule has 0 spiro atoms. The zero-order valence-electron chi connectivity index (χ0n) is 13.4. The Morgan fingerprint density at radius 1 is 1.41 bits per heavy atom. The molecule has 2 heterocycles. The number of aromatic nitrogens is 1. The van der Waals surface area contributed by atoms with Gasteiger partial charge < -0.3 is 18.8 Å².